The number of nitrogens with one attached hydrogen (secondary N) is 1. The summed E-state index contributed by atoms with van der Waals surface area (Å²) in [7, 11) is 0. The molecule has 0 fully saturated rings. The van der Waals surface area contributed by atoms with Crippen molar-refractivity contribution in [2.75, 3.05) is 19.8 Å². The van der Waals surface area contributed by atoms with Gasteiger partial charge in [0.05, 0.1) is 17.9 Å². The predicted octanol–water partition coefficient (Wildman–Crippen LogP) is 3.33. The lowest BCUT2D eigenvalue weighted by atomic mass is 10.2. The summed E-state index contributed by atoms with van der Waals surface area (Å²) in [5, 5.41) is 6.41. The van der Waals surface area contributed by atoms with Gasteiger partial charge in [-0.1, -0.05) is 29.4 Å². The maximum absolute atomic E-state index is 12.4. The van der Waals surface area contributed by atoms with E-state index in [9.17, 15) is 9.59 Å². The summed E-state index contributed by atoms with van der Waals surface area (Å²) in [5.74, 6) is 1.22. The highest BCUT2D eigenvalue weighted by Gasteiger charge is 2.15. The first-order valence-electron chi connectivity index (χ1n) is 9.65. The lowest BCUT2D eigenvalue weighted by Gasteiger charge is -2.10. The molecular weight excluding hydrogens is 418 g/mol. The van der Waals surface area contributed by atoms with E-state index in [0.29, 0.717) is 41.1 Å². The Kier molecular flexibility index (Phi) is 8.05. The topological polar surface area (TPSA) is 104 Å². The standard InChI is InChI=1S/C22H23N3O5S/c1-15-6-5-7-17(12-15)28-11-10-23-20(26)13-29-22(27)18-8-3-4-9-19(18)31-14-21-24-16(2)25-30-21/h3-9,12H,10-11,13-14H2,1-2H3,(H,23,26). The van der Waals surface area contributed by atoms with Crippen LogP contribution >= 0.6 is 11.8 Å². The molecular formula is C22H23N3O5S. The number of carbonyl (C=O) groups excluding carboxylic acids is 2. The van der Waals surface area contributed by atoms with Crippen molar-refractivity contribution in [1.82, 2.24) is 15.5 Å². The van der Waals surface area contributed by atoms with Crippen molar-refractivity contribution in [2.24, 2.45) is 0 Å². The SMILES string of the molecule is Cc1cccc(OCCNC(=O)COC(=O)c2ccccc2SCc2nc(C)no2)c1. The van der Waals surface area contributed by atoms with Gasteiger partial charge >= 0.3 is 5.97 Å². The molecule has 3 rings (SSSR count). The summed E-state index contributed by atoms with van der Waals surface area (Å²) in [6, 6.07) is 14.7. The van der Waals surface area contributed by atoms with Gasteiger partial charge in [-0.05, 0) is 43.7 Å². The van der Waals surface area contributed by atoms with Gasteiger partial charge in [0.15, 0.2) is 12.4 Å². The molecule has 0 radical (unpaired) electrons. The fourth-order valence-corrected chi connectivity index (χ4v) is 3.50. The van der Waals surface area contributed by atoms with Crippen LogP contribution in [0.3, 0.4) is 0 Å². The van der Waals surface area contributed by atoms with Gasteiger partial charge in [-0.25, -0.2) is 4.79 Å². The minimum atomic E-state index is -0.573. The molecule has 0 aliphatic rings. The van der Waals surface area contributed by atoms with Gasteiger partial charge in [0, 0.05) is 4.90 Å². The fraction of sp³-hybridized carbons (Fsp3) is 0.273. The molecule has 1 aromatic heterocycles. The predicted molar refractivity (Wildman–Crippen MR) is 115 cm³/mol. The van der Waals surface area contributed by atoms with E-state index >= 15 is 0 Å². The second kappa shape index (κ2) is 11.2. The number of benzene rings is 2. The van der Waals surface area contributed by atoms with Crippen molar-refractivity contribution in [2.45, 2.75) is 24.5 Å². The molecule has 1 heterocycles. The zero-order valence-corrected chi connectivity index (χ0v) is 18.1. The summed E-state index contributed by atoms with van der Waals surface area (Å²) in [6.07, 6.45) is 0. The second-order valence-corrected chi connectivity index (χ2v) is 7.63. The molecule has 0 aliphatic carbocycles. The normalized spacial score (nSPS) is 10.5. The number of amides is 1. The minimum Gasteiger partial charge on any atom is -0.492 e. The van der Waals surface area contributed by atoms with E-state index in [2.05, 4.69) is 15.5 Å². The number of aromatic nitrogens is 2. The Morgan fingerprint density at radius 2 is 1.97 bits per heavy atom. The highest BCUT2D eigenvalue weighted by Crippen LogP contribution is 2.26. The van der Waals surface area contributed by atoms with E-state index in [1.165, 1.54) is 11.8 Å². The number of ether oxygens (including phenoxy) is 2. The van der Waals surface area contributed by atoms with Crippen molar-refractivity contribution in [1.29, 1.82) is 0 Å². The number of nitrogens with zero attached hydrogens (tertiary/aromatic N) is 2. The van der Waals surface area contributed by atoms with Gasteiger partial charge < -0.3 is 19.3 Å². The molecule has 2 aromatic carbocycles. The van der Waals surface area contributed by atoms with E-state index < -0.39 is 11.9 Å². The van der Waals surface area contributed by atoms with Gasteiger partial charge in [0.1, 0.15) is 12.4 Å². The second-order valence-electron chi connectivity index (χ2n) is 6.61. The van der Waals surface area contributed by atoms with Crippen LogP contribution in [0.25, 0.3) is 0 Å². The molecule has 0 bridgehead atoms. The Labute approximate surface area is 184 Å². The zero-order valence-electron chi connectivity index (χ0n) is 17.3. The van der Waals surface area contributed by atoms with E-state index in [-0.39, 0.29) is 6.61 Å². The van der Waals surface area contributed by atoms with Gasteiger partial charge in [-0.2, -0.15) is 4.98 Å². The molecule has 8 nitrogen and oxygen atoms in total. The summed E-state index contributed by atoms with van der Waals surface area (Å²) < 4.78 is 15.8. The summed E-state index contributed by atoms with van der Waals surface area (Å²) in [4.78, 5) is 29.3. The van der Waals surface area contributed by atoms with E-state index in [1.807, 2.05) is 37.3 Å². The fourth-order valence-electron chi connectivity index (χ4n) is 2.62. The maximum atomic E-state index is 12.4. The molecule has 0 atom stereocenters. The highest BCUT2D eigenvalue weighted by molar-refractivity contribution is 7.98. The zero-order chi connectivity index (χ0) is 22.1. The molecule has 1 amide bonds. The highest BCUT2D eigenvalue weighted by atomic mass is 32.2. The third-order valence-corrected chi connectivity index (χ3v) is 5.10. The van der Waals surface area contributed by atoms with Crippen molar-refractivity contribution in [3.05, 3.63) is 71.4 Å². The Balaban J connectivity index is 1.42. The molecule has 0 unspecified atom stereocenters. The summed E-state index contributed by atoms with van der Waals surface area (Å²) in [5.41, 5.74) is 1.47. The number of hydrogen-bond acceptors (Lipinski definition) is 8. The van der Waals surface area contributed by atoms with E-state index in [4.69, 9.17) is 14.0 Å². The van der Waals surface area contributed by atoms with Crippen LogP contribution in [0.5, 0.6) is 5.75 Å². The van der Waals surface area contributed by atoms with Crippen molar-refractivity contribution in [3.8, 4) is 5.75 Å². The third-order valence-electron chi connectivity index (χ3n) is 4.04. The molecule has 9 heteroatoms. The molecule has 0 saturated carbocycles. The summed E-state index contributed by atoms with van der Waals surface area (Å²) in [6.45, 7) is 3.97. The molecule has 0 aliphatic heterocycles. The first kappa shape index (κ1) is 22.4. The Bertz CT molecular complexity index is 1040. The van der Waals surface area contributed by atoms with Gasteiger partial charge in [0.2, 0.25) is 5.89 Å². The molecule has 31 heavy (non-hydrogen) atoms. The number of esters is 1. The van der Waals surface area contributed by atoms with Gasteiger partial charge in [-0.3, -0.25) is 4.79 Å². The lowest BCUT2D eigenvalue weighted by Crippen LogP contribution is -2.32. The quantitative estimate of drug-likeness (QED) is 0.290. The molecule has 0 spiro atoms. The van der Waals surface area contributed by atoms with Crippen LogP contribution in [-0.4, -0.2) is 41.8 Å². The molecule has 1 N–H and O–H groups in total. The minimum absolute atomic E-state index is 0.306. The number of aryl methyl sites for hydroxylation is 2. The van der Waals surface area contributed by atoms with Crippen LogP contribution < -0.4 is 10.1 Å². The molecule has 162 valence electrons. The van der Waals surface area contributed by atoms with E-state index in [1.54, 1.807) is 25.1 Å². The average Bonchev–Trinajstić information content (AvgIpc) is 3.19. The number of carbonyl (C=O) groups is 2. The number of hydrogen-bond donors (Lipinski definition) is 1. The van der Waals surface area contributed by atoms with Crippen molar-refractivity contribution < 1.29 is 23.6 Å². The van der Waals surface area contributed by atoms with Crippen LogP contribution in [0, 0.1) is 13.8 Å². The molecule has 3 aromatic rings. The summed E-state index contributed by atoms with van der Waals surface area (Å²) >= 11 is 1.38. The number of rotatable bonds is 10. The Morgan fingerprint density at radius 3 is 2.74 bits per heavy atom. The number of thioether (sulfide) groups is 1. The van der Waals surface area contributed by atoms with Crippen LogP contribution in [0.4, 0.5) is 0 Å². The van der Waals surface area contributed by atoms with E-state index in [0.717, 1.165) is 11.3 Å². The largest absolute Gasteiger partial charge is 0.492 e. The Hall–Kier alpha value is -3.33. The monoisotopic (exact) mass is 441 g/mol. The third kappa shape index (κ3) is 7.14. The van der Waals surface area contributed by atoms with Gasteiger partial charge in [-0.15, -0.1) is 11.8 Å². The van der Waals surface area contributed by atoms with Gasteiger partial charge in [0.25, 0.3) is 5.91 Å². The van der Waals surface area contributed by atoms with Crippen LogP contribution in [0.15, 0.2) is 57.9 Å². The maximum Gasteiger partial charge on any atom is 0.339 e. The van der Waals surface area contributed by atoms with Crippen LogP contribution in [-0.2, 0) is 15.3 Å². The first-order valence-corrected chi connectivity index (χ1v) is 10.6. The van der Waals surface area contributed by atoms with Crippen molar-refractivity contribution >= 4 is 23.6 Å². The molecule has 0 saturated heterocycles. The first-order chi connectivity index (χ1) is 15.0. The smallest absolute Gasteiger partial charge is 0.339 e. The average molecular weight is 442 g/mol. The Morgan fingerprint density at radius 1 is 1.13 bits per heavy atom. The van der Waals surface area contributed by atoms with Crippen molar-refractivity contribution in [3.63, 3.8) is 0 Å². The lowest BCUT2D eigenvalue weighted by molar-refractivity contribution is -0.124. The van der Waals surface area contributed by atoms with Crippen LogP contribution in [0.1, 0.15) is 27.6 Å². The van der Waals surface area contributed by atoms with Crippen LogP contribution in [0.2, 0.25) is 0 Å².